The van der Waals surface area contributed by atoms with E-state index in [0.29, 0.717) is 24.6 Å². The molecule has 2 amide bonds. The smallest absolute Gasteiger partial charge is 0.316 e. The number of nitrogens with one attached hydrogen (secondary N) is 1. The number of carbonyl (C=O) groups is 1. The fourth-order valence-corrected chi connectivity index (χ4v) is 4.74. The molecule has 37 heavy (non-hydrogen) atoms. The number of hydrogen-bond donors (Lipinski definition) is 2. The zero-order valence-electron chi connectivity index (χ0n) is 22.7. The number of aryl methyl sites for hydroxylation is 1. The summed E-state index contributed by atoms with van der Waals surface area (Å²) in [5.74, 6) is 0.552. The highest BCUT2D eigenvalue weighted by Crippen LogP contribution is 2.39. The van der Waals surface area contributed by atoms with Crippen LogP contribution in [-0.2, 0) is 13.0 Å². The molecule has 0 atom stereocenters. The van der Waals surface area contributed by atoms with Crippen LogP contribution in [0.3, 0.4) is 0 Å². The summed E-state index contributed by atoms with van der Waals surface area (Å²) in [5.41, 5.74) is 10.8. The van der Waals surface area contributed by atoms with E-state index in [1.807, 2.05) is 29.8 Å². The molecule has 1 aromatic heterocycles. The molecular formula is C29H38FN5O2. The molecule has 0 bridgehead atoms. The third kappa shape index (κ3) is 5.49. The molecule has 0 unspecified atom stereocenters. The first kappa shape index (κ1) is 26.7. The normalized spacial score (nSPS) is 14.1. The number of amides is 2. The molecule has 1 aliphatic rings. The van der Waals surface area contributed by atoms with Crippen LogP contribution in [0.2, 0.25) is 0 Å². The van der Waals surface area contributed by atoms with Gasteiger partial charge in [-0.3, -0.25) is 4.90 Å². The summed E-state index contributed by atoms with van der Waals surface area (Å²) in [7, 11) is 0. The SMILES string of the molecule is CCC(C)(C)N1CCc2nn(-c3c(C)cccc3OCC(C)C)c(-c3ccc(NC(N)=O)c(F)c3)c2C1. The van der Waals surface area contributed by atoms with Crippen molar-refractivity contribution in [3.05, 3.63) is 59.0 Å². The number of halogens is 1. The van der Waals surface area contributed by atoms with Crippen LogP contribution < -0.4 is 15.8 Å². The topological polar surface area (TPSA) is 85.4 Å². The third-order valence-corrected chi connectivity index (χ3v) is 7.24. The molecule has 0 saturated heterocycles. The minimum Gasteiger partial charge on any atom is -0.491 e. The van der Waals surface area contributed by atoms with Crippen molar-refractivity contribution in [2.45, 2.75) is 66.5 Å². The lowest BCUT2D eigenvalue weighted by atomic mass is 9.93. The number of primary amides is 1. The predicted octanol–water partition coefficient (Wildman–Crippen LogP) is 6.06. The van der Waals surface area contributed by atoms with Crippen LogP contribution in [0.1, 0.15) is 57.9 Å². The Balaban J connectivity index is 1.92. The van der Waals surface area contributed by atoms with Gasteiger partial charge in [0.05, 0.1) is 23.7 Å². The van der Waals surface area contributed by atoms with Gasteiger partial charge in [-0.05, 0) is 56.9 Å². The van der Waals surface area contributed by atoms with Crippen LogP contribution >= 0.6 is 0 Å². The van der Waals surface area contributed by atoms with Gasteiger partial charge in [-0.2, -0.15) is 5.10 Å². The standard InChI is InChI=1S/C29H38FN5O2/c1-7-29(5,6)34-14-13-23-21(16-34)27(20-11-12-24(22(30)15-20)32-28(31)36)35(33-23)26-19(4)9-8-10-25(26)37-17-18(2)3/h8-12,15,18H,7,13-14,16-17H2,1-6H3,(H3,31,32,36). The molecule has 0 spiro atoms. The third-order valence-electron chi connectivity index (χ3n) is 7.24. The number of hydrogen-bond acceptors (Lipinski definition) is 4. The molecule has 3 N–H and O–H groups in total. The fraction of sp³-hybridized carbons (Fsp3) is 0.448. The molecule has 4 rings (SSSR count). The largest absolute Gasteiger partial charge is 0.491 e. The summed E-state index contributed by atoms with van der Waals surface area (Å²) in [6, 6.07) is 9.96. The number of ether oxygens (including phenoxy) is 1. The number of anilines is 1. The molecule has 2 heterocycles. The van der Waals surface area contributed by atoms with Crippen LogP contribution in [0.4, 0.5) is 14.9 Å². The van der Waals surface area contributed by atoms with Gasteiger partial charge in [0.15, 0.2) is 0 Å². The first-order valence-corrected chi connectivity index (χ1v) is 13.0. The molecule has 0 aliphatic carbocycles. The lowest BCUT2D eigenvalue weighted by Crippen LogP contribution is -2.46. The van der Waals surface area contributed by atoms with E-state index in [1.54, 1.807) is 12.1 Å². The number of fused-ring (bicyclic) bond motifs is 1. The zero-order chi connectivity index (χ0) is 26.9. The Bertz CT molecular complexity index is 1300. The van der Waals surface area contributed by atoms with Crippen molar-refractivity contribution in [3.63, 3.8) is 0 Å². The van der Waals surface area contributed by atoms with Crippen molar-refractivity contribution >= 4 is 11.7 Å². The number of benzene rings is 2. The van der Waals surface area contributed by atoms with E-state index in [-0.39, 0.29) is 11.2 Å². The van der Waals surface area contributed by atoms with Crippen LogP contribution in [0.15, 0.2) is 36.4 Å². The molecule has 0 saturated carbocycles. The van der Waals surface area contributed by atoms with Gasteiger partial charge in [0.1, 0.15) is 17.3 Å². The monoisotopic (exact) mass is 507 g/mol. The molecule has 3 aromatic rings. The summed E-state index contributed by atoms with van der Waals surface area (Å²) < 4.78 is 23.3. The predicted molar refractivity (Wildman–Crippen MR) is 146 cm³/mol. The average molecular weight is 508 g/mol. The van der Waals surface area contributed by atoms with E-state index in [1.165, 1.54) is 6.07 Å². The van der Waals surface area contributed by atoms with Gasteiger partial charge in [0, 0.05) is 36.2 Å². The highest BCUT2D eigenvalue weighted by atomic mass is 19.1. The molecule has 2 aromatic carbocycles. The highest BCUT2D eigenvalue weighted by Gasteiger charge is 2.33. The molecule has 198 valence electrons. The summed E-state index contributed by atoms with van der Waals surface area (Å²) in [6.45, 7) is 15.2. The number of para-hydroxylation sites is 1. The van der Waals surface area contributed by atoms with Crippen molar-refractivity contribution in [1.29, 1.82) is 0 Å². The first-order chi connectivity index (χ1) is 17.5. The maximum Gasteiger partial charge on any atom is 0.316 e. The van der Waals surface area contributed by atoms with Crippen LogP contribution in [0, 0.1) is 18.7 Å². The van der Waals surface area contributed by atoms with E-state index < -0.39 is 11.8 Å². The Labute approximate surface area is 218 Å². The van der Waals surface area contributed by atoms with E-state index in [4.69, 9.17) is 15.6 Å². The second kappa shape index (κ2) is 10.5. The van der Waals surface area contributed by atoms with E-state index >= 15 is 4.39 Å². The van der Waals surface area contributed by atoms with Gasteiger partial charge < -0.3 is 15.8 Å². The number of urea groups is 1. The lowest BCUT2D eigenvalue weighted by molar-refractivity contribution is 0.100. The van der Waals surface area contributed by atoms with E-state index in [2.05, 4.69) is 44.8 Å². The maximum absolute atomic E-state index is 15.1. The summed E-state index contributed by atoms with van der Waals surface area (Å²) in [4.78, 5) is 13.8. The van der Waals surface area contributed by atoms with Crippen molar-refractivity contribution in [1.82, 2.24) is 14.7 Å². The minimum absolute atomic E-state index is 0.0196. The molecular weight excluding hydrogens is 469 g/mol. The maximum atomic E-state index is 15.1. The van der Waals surface area contributed by atoms with Gasteiger partial charge in [-0.15, -0.1) is 0 Å². The second-order valence-corrected chi connectivity index (χ2v) is 10.8. The number of nitrogens with two attached hydrogens (primary N) is 1. The van der Waals surface area contributed by atoms with Crippen molar-refractivity contribution in [2.75, 3.05) is 18.5 Å². The Morgan fingerprint density at radius 3 is 2.68 bits per heavy atom. The number of rotatable bonds is 8. The van der Waals surface area contributed by atoms with E-state index in [0.717, 1.165) is 53.3 Å². The van der Waals surface area contributed by atoms with Gasteiger partial charge in [0.2, 0.25) is 0 Å². The Kier molecular flexibility index (Phi) is 7.59. The highest BCUT2D eigenvalue weighted by molar-refractivity contribution is 5.88. The van der Waals surface area contributed by atoms with Gasteiger partial charge in [-0.25, -0.2) is 13.9 Å². The molecule has 8 heteroatoms. The lowest BCUT2D eigenvalue weighted by Gasteiger charge is -2.40. The molecule has 0 fully saturated rings. The average Bonchev–Trinajstić information content (AvgIpc) is 3.22. The summed E-state index contributed by atoms with van der Waals surface area (Å²) >= 11 is 0. The first-order valence-electron chi connectivity index (χ1n) is 13.0. The molecule has 0 radical (unpaired) electrons. The van der Waals surface area contributed by atoms with Crippen LogP contribution in [0.25, 0.3) is 16.9 Å². The molecule has 1 aliphatic heterocycles. The Morgan fingerprint density at radius 1 is 1.27 bits per heavy atom. The van der Waals surface area contributed by atoms with Gasteiger partial charge >= 0.3 is 6.03 Å². The van der Waals surface area contributed by atoms with Crippen LogP contribution in [0.5, 0.6) is 5.75 Å². The molecule has 7 nitrogen and oxygen atoms in total. The Hall–Kier alpha value is -3.39. The second-order valence-electron chi connectivity index (χ2n) is 10.8. The fourth-order valence-electron chi connectivity index (χ4n) is 4.74. The van der Waals surface area contributed by atoms with Crippen molar-refractivity contribution in [2.24, 2.45) is 11.7 Å². The summed E-state index contributed by atoms with van der Waals surface area (Å²) in [6.07, 6.45) is 1.82. The zero-order valence-corrected chi connectivity index (χ0v) is 22.7. The van der Waals surface area contributed by atoms with E-state index in [9.17, 15) is 4.79 Å². The van der Waals surface area contributed by atoms with Gasteiger partial charge in [-0.1, -0.05) is 39.0 Å². The van der Waals surface area contributed by atoms with Gasteiger partial charge in [0.25, 0.3) is 0 Å². The Morgan fingerprint density at radius 2 is 2.03 bits per heavy atom. The summed E-state index contributed by atoms with van der Waals surface area (Å²) in [5, 5.41) is 7.43. The van der Waals surface area contributed by atoms with Crippen molar-refractivity contribution in [3.8, 4) is 22.7 Å². The number of aromatic nitrogens is 2. The van der Waals surface area contributed by atoms with Crippen LogP contribution in [-0.4, -0.2) is 39.4 Å². The van der Waals surface area contributed by atoms with Crippen molar-refractivity contribution < 1.29 is 13.9 Å². The quantitative estimate of drug-likeness (QED) is 0.388. The minimum atomic E-state index is -0.807. The number of carbonyl (C=O) groups excluding carboxylic acids is 1. The number of nitrogens with zero attached hydrogens (tertiary/aromatic N) is 3.